The first-order valence-electron chi connectivity index (χ1n) is 9.30. The molecule has 0 atom stereocenters. The third-order valence-electron chi connectivity index (χ3n) is 4.77. The van der Waals surface area contributed by atoms with Crippen LogP contribution in [0.5, 0.6) is 11.5 Å². The van der Waals surface area contributed by atoms with Gasteiger partial charge in [-0.25, -0.2) is 4.39 Å². The van der Waals surface area contributed by atoms with Crippen LogP contribution in [0, 0.1) is 5.82 Å². The molecule has 0 saturated carbocycles. The molecule has 1 aliphatic heterocycles. The van der Waals surface area contributed by atoms with Gasteiger partial charge in [-0.2, -0.15) is 0 Å². The van der Waals surface area contributed by atoms with Gasteiger partial charge < -0.3 is 19.7 Å². The zero-order valence-electron chi connectivity index (χ0n) is 16.2. The monoisotopic (exact) mass is 406 g/mol. The minimum atomic E-state index is -0.337. The summed E-state index contributed by atoms with van der Waals surface area (Å²) in [6.07, 6.45) is 0. The highest BCUT2D eigenvalue weighted by atomic mass is 19.1. The largest absolute Gasteiger partial charge is 0.497 e. The molecule has 1 N–H and O–H groups in total. The van der Waals surface area contributed by atoms with Crippen molar-refractivity contribution in [3.05, 3.63) is 83.7 Å². The maximum Gasteiger partial charge on any atom is 0.265 e. The number of nitrogens with zero attached hydrogens (tertiary/aromatic N) is 1. The lowest BCUT2D eigenvalue weighted by Crippen LogP contribution is -2.38. The van der Waals surface area contributed by atoms with Crippen LogP contribution in [-0.4, -0.2) is 25.5 Å². The van der Waals surface area contributed by atoms with Crippen molar-refractivity contribution in [3.63, 3.8) is 0 Å². The van der Waals surface area contributed by atoms with Gasteiger partial charge in [-0.3, -0.25) is 9.59 Å². The maximum absolute atomic E-state index is 13.2. The summed E-state index contributed by atoms with van der Waals surface area (Å²) in [6.45, 7) is 0.192. The van der Waals surface area contributed by atoms with Crippen LogP contribution in [-0.2, 0) is 11.3 Å². The molecule has 0 unspecified atom stereocenters. The van der Waals surface area contributed by atoms with E-state index < -0.39 is 0 Å². The van der Waals surface area contributed by atoms with Crippen LogP contribution in [0.4, 0.5) is 15.8 Å². The van der Waals surface area contributed by atoms with Crippen molar-refractivity contribution >= 4 is 23.2 Å². The second-order valence-corrected chi connectivity index (χ2v) is 6.76. The van der Waals surface area contributed by atoms with Crippen LogP contribution < -0.4 is 19.7 Å². The summed E-state index contributed by atoms with van der Waals surface area (Å²) < 4.78 is 23.8. The van der Waals surface area contributed by atoms with Gasteiger partial charge in [0.15, 0.2) is 6.61 Å². The summed E-state index contributed by atoms with van der Waals surface area (Å²) in [4.78, 5) is 26.6. The molecule has 0 spiro atoms. The molecule has 6 nitrogen and oxygen atoms in total. The number of benzene rings is 3. The normalized spacial score (nSPS) is 12.7. The second-order valence-electron chi connectivity index (χ2n) is 6.76. The molecule has 0 radical (unpaired) electrons. The molecule has 0 aliphatic carbocycles. The van der Waals surface area contributed by atoms with E-state index in [0.29, 0.717) is 28.4 Å². The van der Waals surface area contributed by atoms with Gasteiger partial charge in [0.25, 0.3) is 11.8 Å². The second kappa shape index (κ2) is 8.24. The van der Waals surface area contributed by atoms with Crippen LogP contribution in [0.25, 0.3) is 0 Å². The lowest BCUT2D eigenvalue weighted by Gasteiger charge is -2.30. The molecule has 3 aromatic carbocycles. The van der Waals surface area contributed by atoms with E-state index in [1.807, 2.05) is 0 Å². The van der Waals surface area contributed by atoms with Crippen molar-refractivity contribution in [2.45, 2.75) is 6.54 Å². The van der Waals surface area contributed by atoms with E-state index in [-0.39, 0.29) is 30.8 Å². The fourth-order valence-corrected chi connectivity index (χ4v) is 3.17. The Balaban J connectivity index is 1.57. The SMILES string of the molecule is COc1ccc(C(=O)Nc2ccc3c(c2)N(Cc2ccc(F)cc2)C(=O)CO3)cc1. The summed E-state index contributed by atoms with van der Waals surface area (Å²) >= 11 is 0. The molecule has 2 amide bonds. The zero-order valence-corrected chi connectivity index (χ0v) is 16.2. The molecule has 1 aliphatic rings. The van der Waals surface area contributed by atoms with E-state index in [1.54, 1.807) is 66.6 Å². The number of carbonyl (C=O) groups excluding carboxylic acids is 2. The van der Waals surface area contributed by atoms with E-state index in [9.17, 15) is 14.0 Å². The van der Waals surface area contributed by atoms with Crippen molar-refractivity contribution in [3.8, 4) is 11.5 Å². The number of amides is 2. The Morgan fingerprint density at radius 3 is 2.53 bits per heavy atom. The topological polar surface area (TPSA) is 67.9 Å². The fraction of sp³-hybridized carbons (Fsp3) is 0.130. The lowest BCUT2D eigenvalue weighted by atomic mass is 10.1. The molecule has 4 rings (SSSR count). The lowest BCUT2D eigenvalue weighted by molar-refractivity contribution is -0.121. The Kier molecular flexibility index (Phi) is 5.34. The van der Waals surface area contributed by atoms with E-state index in [2.05, 4.69) is 5.32 Å². The van der Waals surface area contributed by atoms with Crippen LogP contribution in [0.1, 0.15) is 15.9 Å². The molecular weight excluding hydrogens is 387 g/mol. The Morgan fingerprint density at radius 1 is 1.10 bits per heavy atom. The molecule has 1 heterocycles. The first-order valence-corrected chi connectivity index (χ1v) is 9.30. The number of nitrogens with one attached hydrogen (secondary N) is 1. The summed E-state index contributed by atoms with van der Waals surface area (Å²) in [5.74, 6) is 0.360. The smallest absolute Gasteiger partial charge is 0.265 e. The van der Waals surface area contributed by atoms with Crippen molar-refractivity contribution in [2.75, 3.05) is 23.9 Å². The molecule has 3 aromatic rings. The van der Waals surface area contributed by atoms with Gasteiger partial charge in [-0.1, -0.05) is 12.1 Å². The van der Waals surface area contributed by atoms with Crippen molar-refractivity contribution in [2.24, 2.45) is 0 Å². The summed E-state index contributed by atoms with van der Waals surface area (Å²) in [7, 11) is 1.56. The number of hydrogen-bond donors (Lipinski definition) is 1. The Labute approximate surface area is 172 Å². The van der Waals surface area contributed by atoms with Gasteiger partial charge in [-0.15, -0.1) is 0 Å². The van der Waals surface area contributed by atoms with Crippen LogP contribution >= 0.6 is 0 Å². The Bertz CT molecular complexity index is 1080. The standard InChI is InChI=1S/C23H19FN2O4/c1-29-19-9-4-16(5-10-19)23(28)25-18-8-11-21-20(12-18)26(22(27)14-30-21)13-15-2-6-17(24)7-3-15/h2-12H,13-14H2,1H3,(H,25,28). The first kappa shape index (κ1) is 19.4. The minimum absolute atomic E-state index is 0.0776. The highest BCUT2D eigenvalue weighted by molar-refractivity contribution is 6.05. The van der Waals surface area contributed by atoms with Crippen molar-refractivity contribution in [1.82, 2.24) is 0 Å². The van der Waals surface area contributed by atoms with E-state index in [0.717, 1.165) is 5.56 Å². The molecule has 152 valence electrons. The highest BCUT2D eigenvalue weighted by Crippen LogP contribution is 2.35. The number of rotatable bonds is 5. The molecule has 0 bridgehead atoms. The van der Waals surface area contributed by atoms with E-state index >= 15 is 0 Å². The number of halogens is 1. The van der Waals surface area contributed by atoms with Gasteiger partial charge >= 0.3 is 0 Å². The Morgan fingerprint density at radius 2 is 1.83 bits per heavy atom. The molecule has 30 heavy (non-hydrogen) atoms. The summed E-state index contributed by atoms with van der Waals surface area (Å²) in [5, 5.41) is 2.83. The van der Waals surface area contributed by atoms with E-state index in [4.69, 9.17) is 9.47 Å². The van der Waals surface area contributed by atoms with Gasteiger partial charge in [0, 0.05) is 11.3 Å². The highest BCUT2D eigenvalue weighted by Gasteiger charge is 2.26. The van der Waals surface area contributed by atoms with Gasteiger partial charge in [0.1, 0.15) is 17.3 Å². The number of fused-ring (bicyclic) bond motifs is 1. The van der Waals surface area contributed by atoms with E-state index in [1.165, 1.54) is 12.1 Å². The van der Waals surface area contributed by atoms with Crippen LogP contribution in [0.3, 0.4) is 0 Å². The predicted molar refractivity (Wildman–Crippen MR) is 110 cm³/mol. The Hall–Kier alpha value is -3.87. The molecule has 0 saturated heterocycles. The number of anilines is 2. The molecule has 0 fully saturated rings. The molecule has 7 heteroatoms. The average Bonchev–Trinajstić information content (AvgIpc) is 2.77. The minimum Gasteiger partial charge on any atom is -0.497 e. The number of ether oxygens (including phenoxy) is 2. The number of methoxy groups -OCH3 is 1. The van der Waals surface area contributed by atoms with Gasteiger partial charge in [0.05, 0.1) is 19.3 Å². The third kappa shape index (κ3) is 4.10. The number of carbonyl (C=O) groups is 2. The fourth-order valence-electron chi connectivity index (χ4n) is 3.17. The maximum atomic E-state index is 13.2. The van der Waals surface area contributed by atoms with Crippen LogP contribution in [0.15, 0.2) is 66.7 Å². The first-order chi connectivity index (χ1) is 14.5. The average molecular weight is 406 g/mol. The summed E-state index contributed by atoms with van der Waals surface area (Å²) in [5.41, 5.74) is 2.33. The zero-order chi connectivity index (χ0) is 21.1. The van der Waals surface area contributed by atoms with Gasteiger partial charge in [0.2, 0.25) is 0 Å². The van der Waals surface area contributed by atoms with Crippen molar-refractivity contribution < 1.29 is 23.5 Å². The number of hydrogen-bond acceptors (Lipinski definition) is 4. The summed E-state index contributed by atoms with van der Waals surface area (Å²) in [6, 6.07) is 17.8. The molecule has 0 aromatic heterocycles. The molecular formula is C23H19FN2O4. The van der Waals surface area contributed by atoms with Crippen molar-refractivity contribution in [1.29, 1.82) is 0 Å². The quantitative estimate of drug-likeness (QED) is 0.695. The third-order valence-corrected chi connectivity index (χ3v) is 4.77. The van der Waals surface area contributed by atoms with Crippen LogP contribution in [0.2, 0.25) is 0 Å². The predicted octanol–water partition coefficient (Wildman–Crippen LogP) is 4.01. The van der Waals surface area contributed by atoms with Gasteiger partial charge in [-0.05, 0) is 60.2 Å².